The molecule has 3 aromatic rings. The molecule has 11 heteroatoms. The summed E-state index contributed by atoms with van der Waals surface area (Å²) in [6, 6.07) is 7.96. The summed E-state index contributed by atoms with van der Waals surface area (Å²) >= 11 is 5.94. The molecule has 3 heterocycles. The second kappa shape index (κ2) is 10.2. The molecule has 35 heavy (non-hydrogen) atoms. The number of halogens is 2. The lowest BCUT2D eigenvalue weighted by atomic mass is 10.1. The highest BCUT2D eigenvalue weighted by atomic mass is 35.5. The number of carbonyl (C=O) groups is 1. The first-order valence-electron chi connectivity index (χ1n) is 11.5. The van der Waals surface area contributed by atoms with Crippen LogP contribution in [0.2, 0.25) is 5.02 Å². The molecule has 2 aromatic carbocycles. The zero-order valence-corrected chi connectivity index (χ0v) is 19.9. The molecule has 1 N–H and O–H groups in total. The molecule has 1 amide bonds. The first-order chi connectivity index (χ1) is 17.0. The van der Waals surface area contributed by atoms with Gasteiger partial charge in [0.25, 0.3) is 0 Å². The number of ether oxygens (including phenoxy) is 3. The summed E-state index contributed by atoms with van der Waals surface area (Å²) in [4.78, 5) is 25.1. The van der Waals surface area contributed by atoms with Crippen molar-refractivity contribution in [2.75, 3.05) is 49.7 Å². The molecule has 2 aliphatic rings. The van der Waals surface area contributed by atoms with E-state index in [0.29, 0.717) is 60.2 Å². The number of carbonyl (C=O) groups excluding carboxylic acids is 1. The molecule has 2 aliphatic heterocycles. The summed E-state index contributed by atoms with van der Waals surface area (Å²) < 4.78 is 30.7. The fraction of sp³-hybridized carbons (Fsp3) is 0.375. The average molecular weight is 502 g/mol. The lowest BCUT2D eigenvalue weighted by Crippen LogP contribution is -2.46. The van der Waals surface area contributed by atoms with Crippen LogP contribution in [0.15, 0.2) is 36.7 Å². The summed E-state index contributed by atoms with van der Waals surface area (Å²) in [7, 11) is 0. The number of fused-ring (bicyclic) bond motifs is 1. The minimum atomic E-state index is -0.507. The van der Waals surface area contributed by atoms with Crippen LogP contribution in [0.5, 0.6) is 5.75 Å². The summed E-state index contributed by atoms with van der Waals surface area (Å²) in [5.74, 6) is 0.509. The lowest BCUT2D eigenvalue weighted by Gasteiger charge is -2.34. The predicted octanol–water partition coefficient (Wildman–Crippen LogP) is 4.57. The van der Waals surface area contributed by atoms with Gasteiger partial charge < -0.3 is 19.5 Å². The molecule has 0 radical (unpaired) electrons. The van der Waals surface area contributed by atoms with Crippen LogP contribution >= 0.6 is 11.6 Å². The Morgan fingerprint density at radius 1 is 1.17 bits per heavy atom. The summed E-state index contributed by atoms with van der Waals surface area (Å²) in [5, 5.41) is 3.83. The molecular weight excluding hydrogens is 477 g/mol. The quantitative estimate of drug-likeness (QED) is 0.503. The Morgan fingerprint density at radius 2 is 2.00 bits per heavy atom. The second-order valence-electron chi connectivity index (χ2n) is 8.21. The van der Waals surface area contributed by atoms with E-state index in [1.54, 1.807) is 11.0 Å². The van der Waals surface area contributed by atoms with Crippen molar-refractivity contribution in [3.8, 4) is 5.75 Å². The van der Waals surface area contributed by atoms with Crippen LogP contribution in [-0.2, 0) is 9.47 Å². The third-order valence-corrected chi connectivity index (χ3v) is 6.30. The second-order valence-corrected chi connectivity index (χ2v) is 8.62. The highest BCUT2D eigenvalue weighted by molar-refractivity contribution is 6.31. The SMILES string of the molecule is CC[C@H](Oc1cc2ncnc(Nc3ccc(F)c(Cl)c3)c2cc1N1CCOC1=O)N1CCOCC1. The average Bonchev–Trinajstić information content (AvgIpc) is 3.30. The van der Waals surface area contributed by atoms with Gasteiger partial charge in [-0.2, -0.15) is 0 Å². The monoisotopic (exact) mass is 501 g/mol. The Kier molecular flexibility index (Phi) is 6.85. The number of hydrogen-bond donors (Lipinski definition) is 1. The van der Waals surface area contributed by atoms with Crippen molar-refractivity contribution in [2.45, 2.75) is 19.6 Å². The third kappa shape index (κ3) is 4.95. The van der Waals surface area contributed by atoms with E-state index >= 15 is 0 Å². The lowest BCUT2D eigenvalue weighted by molar-refractivity contribution is -0.0466. The maximum Gasteiger partial charge on any atom is 0.414 e. The van der Waals surface area contributed by atoms with Crippen molar-refractivity contribution in [1.82, 2.24) is 14.9 Å². The zero-order chi connectivity index (χ0) is 24.4. The Morgan fingerprint density at radius 3 is 2.71 bits per heavy atom. The van der Waals surface area contributed by atoms with E-state index < -0.39 is 11.9 Å². The van der Waals surface area contributed by atoms with Crippen LogP contribution in [0.3, 0.4) is 0 Å². The molecule has 0 spiro atoms. The molecule has 2 saturated heterocycles. The van der Waals surface area contributed by atoms with Crippen molar-refractivity contribution in [3.63, 3.8) is 0 Å². The summed E-state index contributed by atoms with van der Waals surface area (Å²) in [6.07, 6.45) is 1.56. The Balaban J connectivity index is 1.55. The van der Waals surface area contributed by atoms with Crippen molar-refractivity contribution >= 4 is 45.8 Å². The van der Waals surface area contributed by atoms with Gasteiger partial charge in [0.2, 0.25) is 0 Å². The molecule has 0 bridgehead atoms. The van der Waals surface area contributed by atoms with Crippen molar-refractivity contribution in [3.05, 3.63) is 47.5 Å². The van der Waals surface area contributed by atoms with Gasteiger partial charge in [-0.1, -0.05) is 18.5 Å². The first kappa shape index (κ1) is 23.5. The third-order valence-electron chi connectivity index (χ3n) is 6.02. The van der Waals surface area contributed by atoms with E-state index in [2.05, 4.69) is 27.1 Å². The number of hydrogen-bond acceptors (Lipinski definition) is 8. The fourth-order valence-corrected chi connectivity index (χ4v) is 4.41. The highest BCUT2D eigenvalue weighted by Gasteiger charge is 2.29. The summed E-state index contributed by atoms with van der Waals surface area (Å²) in [5.41, 5.74) is 1.76. The number of morpholine rings is 1. The standard InChI is InChI=1S/C24H25ClFN5O4/c1-2-22(30-5-8-33-9-6-30)35-21-13-19-16(12-20(21)31-7-10-34-24(31)32)23(28-14-27-19)29-15-3-4-18(26)17(25)11-15/h3-4,11-14,22H,2,5-10H2,1H3,(H,27,28,29)/t22-/m0/s1. The molecule has 1 aromatic heterocycles. The molecule has 0 aliphatic carbocycles. The molecule has 0 saturated carbocycles. The van der Waals surface area contributed by atoms with Gasteiger partial charge in [0, 0.05) is 30.2 Å². The Bertz CT molecular complexity index is 1240. The summed E-state index contributed by atoms with van der Waals surface area (Å²) in [6.45, 7) is 5.59. The molecule has 5 rings (SSSR count). The van der Waals surface area contributed by atoms with Crippen LogP contribution in [0.1, 0.15) is 13.3 Å². The molecule has 2 fully saturated rings. The minimum Gasteiger partial charge on any atom is -0.473 e. The van der Waals surface area contributed by atoms with Crippen LogP contribution < -0.4 is 15.0 Å². The number of cyclic esters (lactones) is 1. The van der Waals surface area contributed by atoms with E-state index in [-0.39, 0.29) is 11.3 Å². The van der Waals surface area contributed by atoms with Gasteiger partial charge in [-0.3, -0.25) is 9.80 Å². The van der Waals surface area contributed by atoms with Gasteiger partial charge in [-0.25, -0.2) is 19.2 Å². The Labute approximate surface area is 206 Å². The van der Waals surface area contributed by atoms with Gasteiger partial charge >= 0.3 is 6.09 Å². The number of benzene rings is 2. The Hall–Kier alpha value is -3.21. The van der Waals surface area contributed by atoms with Crippen LogP contribution in [-0.4, -0.2) is 66.6 Å². The van der Waals surface area contributed by atoms with Gasteiger partial charge in [-0.15, -0.1) is 0 Å². The molecule has 9 nitrogen and oxygen atoms in total. The number of aromatic nitrogens is 2. The number of rotatable bonds is 7. The molecule has 184 valence electrons. The number of nitrogens with one attached hydrogen (secondary N) is 1. The molecular formula is C24H25ClFN5O4. The van der Waals surface area contributed by atoms with Crippen molar-refractivity contribution in [2.24, 2.45) is 0 Å². The van der Waals surface area contributed by atoms with Gasteiger partial charge in [0.1, 0.15) is 30.3 Å². The van der Waals surface area contributed by atoms with E-state index in [1.807, 2.05) is 12.1 Å². The van der Waals surface area contributed by atoms with E-state index in [1.165, 1.54) is 18.5 Å². The number of nitrogens with zero attached hydrogens (tertiary/aromatic N) is 4. The van der Waals surface area contributed by atoms with Gasteiger partial charge in [0.15, 0.2) is 6.23 Å². The molecule has 1 atom stereocenters. The van der Waals surface area contributed by atoms with Crippen LogP contribution in [0, 0.1) is 5.82 Å². The van der Waals surface area contributed by atoms with E-state index in [0.717, 1.165) is 19.5 Å². The highest BCUT2D eigenvalue weighted by Crippen LogP contribution is 2.38. The topological polar surface area (TPSA) is 89.1 Å². The number of amides is 1. The maximum atomic E-state index is 13.6. The van der Waals surface area contributed by atoms with Crippen molar-refractivity contribution in [1.29, 1.82) is 0 Å². The van der Waals surface area contributed by atoms with Crippen molar-refractivity contribution < 1.29 is 23.4 Å². The fourth-order valence-electron chi connectivity index (χ4n) is 4.23. The van der Waals surface area contributed by atoms with E-state index in [9.17, 15) is 9.18 Å². The minimum absolute atomic E-state index is 0.00160. The van der Waals surface area contributed by atoms with Gasteiger partial charge in [0.05, 0.1) is 36.0 Å². The first-order valence-corrected chi connectivity index (χ1v) is 11.8. The normalized spacial score (nSPS) is 17.5. The van der Waals surface area contributed by atoms with Gasteiger partial charge in [-0.05, 0) is 30.7 Å². The van der Waals surface area contributed by atoms with E-state index in [4.69, 9.17) is 25.8 Å². The largest absolute Gasteiger partial charge is 0.473 e. The zero-order valence-electron chi connectivity index (χ0n) is 19.2. The predicted molar refractivity (Wildman–Crippen MR) is 130 cm³/mol. The number of anilines is 3. The van der Waals surface area contributed by atoms with Crippen LogP contribution in [0.25, 0.3) is 10.9 Å². The maximum absolute atomic E-state index is 13.6. The van der Waals surface area contributed by atoms with Crippen LogP contribution in [0.4, 0.5) is 26.4 Å². The smallest absolute Gasteiger partial charge is 0.414 e. The molecule has 0 unspecified atom stereocenters.